The molecule has 3 atom stereocenters. The van der Waals surface area contributed by atoms with Crippen LogP contribution in [0.15, 0.2) is 0 Å². The van der Waals surface area contributed by atoms with Gasteiger partial charge in [-0.3, -0.25) is 0 Å². The molecule has 2 unspecified atom stereocenters. The average molecular weight is 126 g/mol. The zero-order valence-electron chi connectivity index (χ0n) is 6.85. The average Bonchev–Trinajstić information content (AvgIpc) is 1.80. The lowest BCUT2D eigenvalue weighted by atomic mass is 9.77. The van der Waals surface area contributed by atoms with Gasteiger partial charge in [0.15, 0.2) is 0 Å². The molecule has 1 aliphatic carbocycles. The Morgan fingerprint density at radius 1 is 0.889 bits per heavy atom. The summed E-state index contributed by atoms with van der Waals surface area (Å²) in [5.41, 5.74) is 0. The minimum atomic E-state index is 0.980. The van der Waals surface area contributed by atoms with Gasteiger partial charge in [0.1, 0.15) is 0 Å². The third-order valence-electron chi connectivity index (χ3n) is 2.86. The molecule has 0 nitrogen and oxygen atoms in total. The first-order valence-corrected chi connectivity index (χ1v) is 4.20. The summed E-state index contributed by atoms with van der Waals surface area (Å²) in [7, 11) is 0. The van der Waals surface area contributed by atoms with Crippen molar-refractivity contribution in [1.82, 2.24) is 0 Å². The molecule has 0 N–H and O–H groups in total. The van der Waals surface area contributed by atoms with Gasteiger partial charge in [0.25, 0.3) is 0 Å². The summed E-state index contributed by atoms with van der Waals surface area (Å²) in [5, 5.41) is 0. The van der Waals surface area contributed by atoms with Gasteiger partial charge in [0.05, 0.1) is 0 Å². The third kappa shape index (κ3) is 1.70. The summed E-state index contributed by atoms with van der Waals surface area (Å²) >= 11 is 0. The molecule has 1 rings (SSSR count). The highest BCUT2D eigenvalue weighted by Crippen LogP contribution is 2.32. The smallest absolute Gasteiger partial charge is 0.0414 e. The molecule has 0 saturated heterocycles. The van der Waals surface area contributed by atoms with Crippen LogP contribution in [0.4, 0.5) is 0 Å². The molecule has 0 aromatic heterocycles. The van der Waals surface area contributed by atoms with Crippen LogP contribution in [0.2, 0.25) is 0 Å². The summed E-state index contributed by atoms with van der Waals surface area (Å²) in [6.07, 6.45) is 4.38. The largest absolute Gasteiger partial charge is 0.0625 e. The van der Waals surface area contributed by atoms with E-state index >= 15 is 0 Å². The second-order valence-corrected chi connectivity index (χ2v) is 3.87. The first kappa shape index (κ1) is 7.11. The Morgan fingerprint density at radius 3 is 2.00 bits per heavy atom. The minimum Gasteiger partial charge on any atom is -0.0625 e. The predicted octanol–water partition coefficient (Wildman–Crippen LogP) is 3.08. The minimum absolute atomic E-state index is 0.980. The van der Waals surface area contributed by atoms with Gasteiger partial charge >= 0.3 is 0 Å². The maximum absolute atomic E-state index is 2.39. The molecule has 54 valence electrons. The van der Waals surface area contributed by atoms with Gasteiger partial charge in [0.2, 0.25) is 0 Å². The van der Waals surface area contributed by atoms with Crippen LogP contribution in [0.5, 0.6) is 0 Å². The van der Waals surface area contributed by atoms with E-state index in [4.69, 9.17) is 0 Å². The molecule has 1 aliphatic rings. The van der Waals surface area contributed by atoms with Crippen molar-refractivity contribution in [2.75, 3.05) is 0 Å². The molecule has 0 aromatic carbocycles. The maximum atomic E-state index is 2.39. The van der Waals surface area contributed by atoms with E-state index in [1.165, 1.54) is 19.3 Å². The summed E-state index contributed by atoms with van der Waals surface area (Å²) in [6, 6.07) is 0. The molecule has 0 bridgehead atoms. The number of hydrogen-bond acceptors (Lipinski definition) is 0. The van der Waals surface area contributed by atoms with E-state index < -0.39 is 0 Å². The topological polar surface area (TPSA) is 0 Å². The van der Waals surface area contributed by atoms with Crippen molar-refractivity contribution >= 4 is 0 Å². The molecule has 1 saturated carbocycles. The van der Waals surface area contributed by atoms with Gasteiger partial charge in [0, 0.05) is 0 Å². The fraction of sp³-hybridized carbons (Fsp3) is 1.00. The van der Waals surface area contributed by atoms with E-state index in [2.05, 4.69) is 20.8 Å². The van der Waals surface area contributed by atoms with Gasteiger partial charge in [-0.1, -0.05) is 33.6 Å². The van der Waals surface area contributed by atoms with Crippen molar-refractivity contribution in [2.45, 2.75) is 40.0 Å². The molecule has 0 heteroatoms. The molecule has 9 heavy (non-hydrogen) atoms. The van der Waals surface area contributed by atoms with Crippen LogP contribution >= 0.6 is 0 Å². The van der Waals surface area contributed by atoms with Crippen molar-refractivity contribution < 1.29 is 0 Å². The molecule has 0 aromatic rings. The Hall–Kier alpha value is 0. The molecule has 0 heterocycles. The van der Waals surface area contributed by atoms with Crippen LogP contribution in [0.25, 0.3) is 0 Å². The Kier molecular flexibility index (Phi) is 2.15. The van der Waals surface area contributed by atoms with Crippen LogP contribution in [0.1, 0.15) is 40.0 Å². The van der Waals surface area contributed by atoms with Gasteiger partial charge in [-0.25, -0.2) is 0 Å². The van der Waals surface area contributed by atoms with Crippen LogP contribution < -0.4 is 0 Å². The molecule has 0 radical (unpaired) electrons. The van der Waals surface area contributed by atoms with Crippen LogP contribution in [0.3, 0.4) is 0 Å². The quantitative estimate of drug-likeness (QED) is 0.468. The summed E-state index contributed by atoms with van der Waals surface area (Å²) in [6.45, 7) is 7.15. The highest BCUT2D eigenvalue weighted by molar-refractivity contribution is 4.72. The summed E-state index contributed by atoms with van der Waals surface area (Å²) in [4.78, 5) is 0. The second-order valence-electron chi connectivity index (χ2n) is 3.87. The fourth-order valence-corrected chi connectivity index (χ4v) is 1.82. The first-order chi connectivity index (χ1) is 4.20. The fourth-order valence-electron chi connectivity index (χ4n) is 1.82. The molecule has 1 fully saturated rings. The van der Waals surface area contributed by atoms with E-state index in [-0.39, 0.29) is 0 Å². The van der Waals surface area contributed by atoms with Crippen molar-refractivity contribution in [3.63, 3.8) is 0 Å². The van der Waals surface area contributed by atoms with Crippen LogP contribution in [0, 0.1) is 17.8 Å². The van der Waals surface area contributed by atoms with Crippen molar-refractivity contribution in [3.05, 3.63) is 0 Å². The van der Waals surface area contributed by atoms with Crippen molar-refractivity contribution in [1.29, 1.82) is 0 Å². The van der Waals surface area contributed by atoms with Crippen molar-refractivity contribution in [2.24, 2.45) is 17.8 Å². The van der Waals surface area contributed by atoms with E-state index in [9.17, 15) is 0 Å². The Balaban J connectivity index is 2.35. The van der Waals surface area contributed by atoms with Crippen LogP contribution in [-0.2, 0) is 0 Å². The van der Waals surface area contributed by atoms with Crippen molar-refractivity contribution in [3.8, 4) is 0 Å². The summed E-state index contributed by atoms with van der Waals surface area (Å²) < 4.78 is 0. The highest BCUT2D eigenvalue weighted by atomic mass is 14.3. The molecular weight excluding hydrogens is 108 g/mol. The van der Waals surface area contributed by atoms with Crippen LogP contribution in [-0.4, -0.2) is 0 Å². The molecule has 0 amide bonds. The molecule has 0 aliphatic heterocycles. The lowest BCUT2D eigenvalue weighted by molar-refractivity contribution is 0.220. The van der Waals surface area contributed by atoms with Gasteiger partial charge < -0.3 is 0 Å². The van der Waals surface area contributed by atoms with E-state index in [0.717, 1.165) is 17.8 Å². The second kappa shape index (κ2) is 2.72. The highest BCUT2D eigenvalue weighted by Gasteiger charge is 2.20. The zero-order chi connectivity index (χ0) is 6.85. The molecule has 0 spiro atoms. The van der Waals surface area contributed by atoms with Gasteiger partial charge in [-0.05, 0) is 24.2 Å². The van der Waals surface area contributed by atoms with Gasteiger partial charge in [-0.15, -0.1) is 0 Å². The monoisotopic (exact) mass is 126 g/mol. The number of rotatable bonds is 0. The SMILES string of the molecule is CC1CC[C@@H](C)CC1C. The predicted molar refractivity (Wildman–Crippen MR) is 41.3 cm³/mol. The maximum Gasteiger partial charge on any atom is -0.0414 e. The standard InChI is InChI=1S/C9H18/c1-7-4-5-8(2)9(3)6-7/h7-9H,4-6H2,1-3H3/t7-,8?,9?/m1/s1. The van der Waals surface area contributed by atoms with E-state index in [1.807, 2.05) is 0 Å². The third-order valence-corrected chi connectivity index (χ3v) is 2.86. The summed E-state index contributed by atoms with van der Waals surface area (Å²) in [5.74, 6) is 2.96. The lowest BCUT2D eigenvalue weighted by Crippen LogP contribution is -2.18. The lowest BCUT2D eigenvalue weighted by Gasteiger charge is -2.29. The Bertz CT molecular complexity index is 86.0. The van der Waals surface area contributed by atoms with Gasteiger partial charge in [-0.2, -0.15) is 0 Å². The van der Waals surface area contributed by atoms with E-state index in [1.54, 1.807) is 0 Å². The Morgan fingerprint density at radius 2 is 1.56 bits per heavy atom. The molecular formula is C9H18. The van der Waals surface area contributed by atoms with E-state index in [0.29, 0.717) is 0 Å². The zero-order valence-corrected chi connectivity index (χ0v) is 6.85. The first-order valence-electron chi connectivity index (χ1n) is 4.20. The Labute approximate surface area is 58.7 Å². The normalized spacial score (nSPS) is 45.0. The number of hydrogen-bond donors (Lipinski definition) is 0.